The second-order valence-corrected chi connectivity index (χ2v) is 6.28. The summed E-state index contributed by atoms with van der Waals surface area (Å²) in [6, 6.07) is 0. The molecule has 1 fully saturated rings. The van der Waals surface area contributed by atoms with E-state index < -0.39 is 0 Å². The van der Waals surface area contributed by atoms with E-state index in [1.807, 2.05) is 0 Å². The first-order valence-corrected chi connectivity index (χ1v) is 7.47. The van der Waals surface area contributed by atoms with Crippen molar-refractivity contribution in [1.82, 2.24) is 9.80 Å². The molecule has 20 heavy (non-hydrogen) atoms. The lowest BCUT2D eigenvalue weighted by atomic mass is 10.0. The number of ether oxygens (including phenoxy) is 1. The van der Waals surface area contributed by atoms with Gasteiger partial charge in [0.25, 0.3) is 0 Å². The Morgan fingerprint density at radius 3 is 2.15 bits per heavy atom. The van der Waals surface area contributed by atoms with Crippen LogP contribution in [0.4, 0.5) is 0 Å². The van der Waals surface area contributed by atoms with Crippen molar-refractivity contribution in [1.29, 1.82) is 0 Å². The summed E-state index contributed by atoms with van der Waals surface area (Å²) < 4.78 is 4.82. The maximum Gasteiger partial charge on any atom is 0.306 e. The molecule has 0 N–H and O–H groups in total. The summed E-state index contributed by atoms with van der Waals surface area (Å²) in [6.07, 6.45) is 0.493. The van der Waals surface area contributed by atoms with Gasteiger partial charge in [-0.15, -0.1) is 0 Å². The molecule has 116 valence electrons. The minimum absolute atomic E-state index is 0.127. The predicted octanol–water partition coefficient (Wildman–Crippen LogP) is 1.31. The highest BCUT2D eigenvalue weighted by Gasteiger charge is 2.26. The molecule has 1 aliphatic heterocycles. The van der Waals surface area contributed by atoms with Gasteiger partial charge >= 0.3 is 5.97 Å². The van der Waals surface area contributed by atoms with Crippen molar-refractivity contribution in [3.05, 3.63) is 0 Å². The van der Waals surface area contributed by atoms with Crippen LogP contribution in [0.25, 0.3) is 0 Å². The molecule has 0 aliphatic carbocycles. The van der Waals surface area contributed by atoms with Crippen LogP contribution in [0.1, 0.15) is 40.5 Å². The molecule has 0 saturated carbocycles. The van der Waals surface area contributed by atoms with Gasteiger partial charge in [0.15, 0.2) is 0 Å². The van der Waals surface area contributed by atoms with Crippen LogP contribution in [0.5, 0.6) is 0 Å². The van der Waals surface area contributed by atoms with Crippen molar-refractivity contribution in [3.8, 4) is 0 Å². The third-order valence-corrected chi connectivity index (χ3v) is 3.63. The molecule has 5 nitrogen and oxygen atoms in total. The van der Waals surface area contributed by atoms with Crippen molar-refractivity contribution in [2.24, 2.45) is 0 Å². The second-order valence-electron chi connectivity index (χ2n) is 6.28. The minimum atomic E-state index is -0.279. The van der Waals surface area contributed by atoms with Gasteiger partial charge in [0.05, 0.1) is 19.6 Å². The first-order chi connectivity index (χ1) is 9.32. The first-order valence-electron chi connectivity index (χ1n) is 7.47. The number of hydrogen-bond acceptors (Lipinski definition) is 5. The fourth-order valence-electron chi connectivity index (χ4n) is 2.38. The normalized spacial score (nSPS) is 18.0. The van der Waals surface area contributed by atoms with Gasteiger partial charge < -0.3 is 4.74 Å². The highest BCUT2D eigenvalue weighted by atomic mass is 16.5. The third-order valence-electron chi connectivity index (χ3n) is 3.63. The second kappa shape index (κ2) is 7.74. The summed E-state index contributed by atoms with van der Waals surface area (Å²) in [5.41, 5.74) is 0.194. The van der Waals surface area contributed by atoms with Gasteiger partial charge in [0.2, 0.25) is 0 Å². The molecule has 1 rings (SSSR count). The average Bonchev–Trinajstić information content (AvgIpc) is 2.36. The van der Waals surface area contributed by atoms with Crippen LogP contribution in [0.2, 0.25) is 0 Å². The number of Topliss-reactive ketones (excluding diaryl/α,β-unsaturated/α-hetero) is 1. The average molecular weight is 284 g/mol. The molecule has 0 bridgehead atoms. The highest BCUT2D eigenvalue weighted by Crippen LogP contribution is 2.15. The summed E-state index contributed by atoms with van der Waals surface area (Å²) in [7, 11) is 0. The lowest BCUT2D eigenvalue weighted by Crippen LogP contribution is -2.54. The molecule has 1 aliphatic rings. The number of hydrogen-bond donors (Lipinski definition) is 0. The van der Waals surface area contributed by atoms with Crippen LogP contribution >= 0.6 is 0 Å². The van der Waals surface area contributed by atoms with Crippen LogP contribution in [0.3, 0.4) is 0 Å². The molecule has 1 heterocycles. The number of carbonyl (C=O) groups is 2. The zero-order valence-corrected chi connectivity index (χ0v) is 13.3. The van der Waals surface area contributed by atoms with Gasteiger partial charge in [0.1, 0.15) is 5.78 Å². The molecule has 0 amide bonds. The minimum Gasteiger partial charge on any atom is -0.466 e. The van der Waals surface area contributed by atoms with E-state index in [1.165, 1.54) is 0 Å². The van der Waals surface area contributed by atoms with Crippen molar-refractivity contribution in [2.45, 2.75) is 46.1 Å². The monoisotopic (exact) mass is 284 g/mol. The Morgan fingerprint density at radius 2 is 1.65 bits per heavy atom. The smallest absolute Gasteiger partial charge is 0.306 e. The Morgan fingerprint density at radius 1 is 1.05 bits per heavy atom. The maximum atomic E-state index is 11.8. The van der Waals surface area contributed by atoms with E-state index in [-0.39, 0.29) is 30.1 Å². The van der Waals surface area contributed by atoms with E-state index in [4.69, 9.17) is 4.74 Å². The number of carbonyl (C=O) groups excluding carboxylic acids is 2. The number of esters is 1. The number of rotatable bonds is 6. The van der Waals surface area contributed by atoms with Crippen LogP contribution in [0, 0.1) is 0 Å². The summed E-state index contributed by atoms with van der Waals surface area (Å²) in [5.74, 6) is -0.152. The quantitative estimate of drug-likeness (QED) is 0.688. The molecular formula is C15H28N2O3. The van der Waals surface area contributed by atoms with Gasteiger partial charge in [-0.05, 0) is 27.7 Å². The SMILES string of the molecule is CCOC(=O)CCC(=O)CN1CCN(C(C)(C)C)CC1. The molecule has 0 unspecified atom stereocenters. The fraction of sp³-hybridized carbons (Fsp3) is 0.867. The lowest BCUT2D eigenvalue weighted by Gasteiger charge is -2.42. The number of ketones is 1. The molecule has 0 aromatic carbocycles. The van der Waals surface area contributed by atoms with Crippen LogP contribution in [0.15, 0.2) is 0 Å². The largest absolute Gasteiger partial charge is 0.466 e. The third kappa shape index (κ3) is 6.01. The van der Waals surface area contributed by atoms with Gasteiger partial charge in [-0.3, -0.25) is 19.4 Å². The van der Waals surface area contributed by atoms with E-state index in [0.29, 0.717) is 13.2 Å². The molecule has 0 spiro atoms. The molecule has 0 aromatic rings. The lowest BCUT2D eigenvalue weighted by molar-refractivity contribution is -0.144. The van der Waals surface area contributed by atoms with Crippen molar-refractivity contribution < 1.29 is 14.3 Å². The molecule has 0 radical (unpaired) electrons. The van der Waals surface area contributed by atoms with E-state index in [1.54, 1.807) is 6.92 Å². The van der Waals surface area contributed by atoms with Crippen LogP contribution in [-0.2, 0) is 14.3 Å². The van der Waals surface area contributed by atoms with Crippen molar-refractivity contribution in [3.63, 3.8) is 0 Å². The zero-order chi connectivity index (χ0) is 15.2. The van der Waals surface area contributed by atoms with E-state index in [0.717, 1.165) is 26.2 Å². The number of piperazine rings is 1. The molecular weight excluding hydrogens is 256 g/mol. The predicted molar refractivity (Wildman–Crippen MR) is 78.6 cm³/mol. The van der Waals surface area contributed by atoms with Crippen molar-refractivity contribution in [2.75, 3.05) is 39.3 Å². The molecule has 1 saturated heterocycles. The first kappa shape index (κ1) is 17.1. The van der Waals surface area contributed by atoms with Crippen LogP contribution in [-0.4, -0.2) is 66.4 Å². The highest BCUT2D eigenvalue weighted by molar-refractivity contribution is 5.84. The topological polar surface area (TPSA) is 49.9 Å². The van der Waals surface area contributed by atoms with Gasteiger partial charge in [-0.1, -0.05) is 0 Å². The number of nitrogens with zero attached hydrogens (tertiary/aromatic N) is 2. The maximum absolute atomic E-state index is 11.8. The van der Waals surface area contributed by atoms with Crippen LogP contribution < -0.4 is 0 Å². The summed E-state index contributed by atoms with van der Waals surface area (Å²) in [4.78, 5) is 27.6. The Labute approximate surface area is 122 Å². The summed E-state index contributed by atoms with van der Waals surface area (Å²) in [6.45, 7) is 13.1. The zero-order valence-electron chi connectivity index (χ0n) is 13.3. The Kier molecular flexibility index (Phi) is 6.62. The Hall–Kier alpha value is -0.940. The summed E-state index contributed by atoms with van der Waals surface area (Å²) in [5, 5.41) is 0. The van der Waals surface area contributed by atoms with E-state index in [2.05, 4.69) is 30.6 Å². The fourth-order valence-corrected chi connectivity index (χ4v) is 2.38. The van der Waals surface area contributed by atoms with Gasteiger partial charge in [-0.25, -0.2) is 0 Å². The van der Waals surface area contributed by atoms with E-state index in [9.17, 15) is 9.59 Å². The summed E-state index contributed by atoms with van der Waals surface area (Å²) >= 11 is 0. The van der Waals surface area contributed by atoms with Gasteiger partial charge in [-0.2, -0.15) is 0 Å². The Balaban J connectivity index is 2.23. The molecule has 5 heteroatoms. The van der Waals surface area contributed by atoms with Crippen molar-refractivity contribution >= 4 is 11.8 Å². The molecule has 0 atom stereocenters. The Bertz CT molecular complexity index is 329. The van der Waals surface area contributed by atoms with E-state index >= 15 is 0 Å². The standard InChI is InChI=1S/C15H28N2O3/c1-5-20-14(19)7-6-13(18)12-16-8-10-17(11-9-16)15(2,3)4/h5-12H2,1-4H3. The van der Waals surface area contributed by atoms with Gasteiger partial charge in [0, 0.05) is 38.1 Å². The molecule has 0 aromatic heterocycles.